The number of hydrogen-bond donors (Lipinski definition) is 0. The Hall–Kier alpha value is -1.04. The van der Waals surface area contributed by atoms with Gasteiger partial charge in [0.05, 0.1) is 0 Å². The lowest BCUT2D eigenvalue weighted by Gasteiger charge is -2.41. The Labute approximate surface area is 116 Å². The predicted octanol–water partition coefficient (Wildman–Crippen LogP) is 5.33. The maximum Gasteiger partial charge on any atom is 0.0197 e. The monoisotopic (exact) mass is 252 g/mol. The van der Waals surface area contributed by atoms with E-state index in [9.17, 15) is 0 Å². The summed E-state index contributed by atoms with van der Waals surface area (Å²) in [5.41, 5.74) is 3.57. The predicted molar refractivity (Wildman–Crippen MR) is 81.1 cm³/mol. The van der Waals surface area contributed by atoms with Crippen molar-refractivity contribution in [2.45, 2.75) is 56.8 Å². The van der Waals surface area contributed by atoms with Crippen molar-refractivity contribution in [3.8, 4) is 0 Å². The molecule has 0 radical (unpaired) electrons. The third-order valence-electron chi connectivity index (χ3n) is 6.03. The second-order valence-corrected chi connectivity index (χ2v) is 6.82. The molecule has 0 aliphatic heterocycles. The maximum atomic E-state index is 2.61. The molecular weight excluding hydrogens is 228 g/mol. The number of rotatable bonds is 2. The average Bonchev–Trinajstić information content (AvgIpc) is 3.19. The molecule has 0 unspecified atom stereocenters. The number of fused-ring (bicyclic) bond motifs is 1. The molecule has 0 atom stereocenters. The highest BCUT2D eigenvalue weighted by atomic mass is 14.5. The van der Waals surface area contributed by atoms with Crippen molar-refractivity contribution in [3.63, 3.8) is 0 Å². The zero-order chi connectivity index (χ0) is 12.7. The second kappa shape index (κ2) is 4.51. The minimum absolute atomic E-state index is 0.406. The van der Waals surface area contributed by atoms with Crippen molar-refractivity contribution in [2.75, 3.05) is 0 Å². The molecule has 0 aromatic heterocycles. The number of hydrogen-bond acceptors (Lipinski definition) is 0. The molecule has 0 saturated heterocycles. The van der Waals surface area contributed by atoms with E-state index in [2.05, 4.69) is 36.4 Å². The van der Waals surface area contributed by atoms with Crippen LogP contribution in [0.15, 0.2) is 30.3 Å². The average molecular weight is 252 g/mol. The van der Waals surface area contributed by atoms with Gasteiger partial charge in [0, 0.05) is 5.41 Å². The summed E-state index contributed by atoms with van der Waals surface area (Å²) in [7, 11) is 0. The lowest BCUT2D eigenvalue weighted by molar-refractivity contribution is 0.231. The van der Waals surface area contributed by atoms with Gasteiger partial charge in [-0.25, -0.2) is 0 Å². The molecule has 2 fully saturated rings. The van der Waals surface area contributed by atoms with Crippen LogP contribution in [0.2, 0.25) is 0 Å². The molecule has 3 aliphatic rings. The summed E-state index contributed by atoms with van der Waals surface area (Å²) in [5, 5.41) is 0. The Morgan fingerprint density at radius 1 is 0.789 bits per heavy atom. The number of allylic oxidation sites excluding steroid dienone is 1. The summed E-state index contributed by atoms with van der Waals surface area (Å²) in [6.07, 6.45) is 16.7. The molecule has 100 valence electrons. The van der Waals surface area contributed by atoms with E-state index in [1.165, 1.54) is 56.9 Å². The van der Waals surface area contributed by atoms with E-state index in [1.54, 1.807) is 5.56 Å². The first kappa shape index (κ1) is 11.8. The van der Waals surface area contributed by atoms with Crippen LogP contribution in [0.1, 0.15) is 62.5 Å². The molecule has 0 amide bonds. The van der Waals surface area contributed by atoms with Crippen LogP contribution in [0.25, 0.3) is 6.08 Å². The van der Waals surface area contributed by atoms with E-state index in [4.69, 9.17) is 0 Å². The molecule has 4 rings (SSSR count). The van der Waals surface area contributed by atoms with Crippen LogP contribution < -0.4 is 0 Å². The molecule has 3 aliphatic carbocycles. The molecule has 0 heteroatoms. The quantitative estimate of drug-likeness (QED) is 0.667. The van der Waals surface area contributed by atoms with Gasteiger partial charge in [0.15, 0.2) is 0 Å². The minimum Gasteiger partial charge on any atom is -0.0728 e. The van der Waals surface area contributed by atoms with E-state index >= 15 is 0 Å². The summed E-state index contributed by atoms with van der Waals surface area (Å²) >= 11 is 0. The van der Waals surface area contributed by atoms with Gasteiger partial charge in [-0.3, -0.25) is 0 Å². The van der Waals surface area contributed by atoms with Gasteiger partial charge >= 0.3 is 0 Å². The van der Waals surface area contributed by atoms with Crippen molar-refractivity contribution in [1.29, 1.82) is 0 Å². The number of benzene rings is 1. The summed E-state index contributed by atoms with van der Waals surface area (Å²) in [6.45, 7) is 0. The Balaban J connectivity index is 1.83. The van der Waals surface area contributed by atoms with Crippen molar-refractivity contribution >= 4 is 6.08 Å². The molecule has 19 heavy (non-hydrogen) atoms. The molecule has 0 N–H and O–H groups in total. The fourth-order valence-corrected chi connectivity index (χ4v) is 5.21. The van der Waals surface area contributed by atoms with E-state index in [0.29, 0.717) is 5.41 Å². The highest BCUT2D eigenvalue weighted by molar-refractivity contribution is 5.66. The first-order valence-corrected chi connectivity index (χ1v) is 8.20. The fourth-order valence-electron chi connectivity index (χ4n) is 5.21. The van der Waals surface area contributed by atoms with E-state index in [-0.39, 0.29) is 0 Å². The molecule has 1 aromatic carbocycles. The molecule has 0 spiro atoms. The molecule has 2 saturated carbocycles. The van der Waals surface area contributed by atoms with Gasteiger partial charge in [0.2, 0.25) is 0 Å². The normalized spacial score (nSPS) is 26.1. The van der Waals surface area contributed by atoms with Crippen molar-refractivity contribution in [1.82, 2.24) is 0 Å². The Bertz CT molecular complexity index is 469. The lowest BCUT2D eigenvalue weighted by Crippen LogP contribution is -2.37. The van der Waals surface area contributed by atoms with Crippen LogP contribution in [0.3, 0.4) is 0 Å². The minimum atomic E-state index is 0.406. The second-order valence-electron chi connectivity index (χ2n) is 6.82. The Morgan fingerprint density at radius 2 is 1.37 bits per heavy atom. The smallest absolute Gasteiger partial charge is 0.0197 e. The first-order valence-electron chi connectivity index (χ1n) is 8.20. The van der Waals surface area contributed by atoms with Crippen LogP contribution in [-0.4, -0.2) is 0 Å². The molecule has 0 heterocycles. The van der Waals surface area contributed by atoms with E-state index < -0.39 is 0 Å². The topological polar surface area (TPSA) is 0 Å². The van der Waals surface area contributed by atoms with Crippen molar-refractivity contribution < 1.29 is 0 Å². The van der Waals surface area contributed by atoms with Gasteiger partial charge in [-0.05, 0) is 48.6 Å². The van der Waals surface area contributed by atoms with E-state index in [0.717, 1.165) is 11.8 Å². The molecule has 0 bridgehead atoms. The SMILES string of the molecule is C1=CC(C2CCCC2)(C2CCCC2)c2ccccc21. The summed E-state index contributed by atoms with van der Waals surface area (Å²) in [4.78, 5) is 0. The third kappa shape index (κ3) is 1.65. The van der Waals surface area contributed by atoms with Gasteiger partial charge in [0.1, 0.15) is 0 Å². The highest BCUT2D eigenvalue weighted by Crippen LogP contribution is 2.56. The zero-order valence-corrected chi connectivity index (χ0v) is 11.8. The van der Waals surface area contributed by atoms with Crippen LogP contribution >= 0.6 is 0 Å². The summed E-state index contributed by atoms with van der Waals surface area (Å²) in [6, 6.07) is 9.19. The molecule has 1 aromatic rings. The van der Waals surface area contributed by atoms with Crippen LogP contribution in [0.5, 0.6) is 0 Å². The largest absolute Gasteiger partial charge is 0.0728 e. The van der Waals surface area contributed by atoms with Gasteiger partial charge in [0.25, 0.3) is 0 Å². The van der Waals surface area contributed by atoms with Gasteiger partial charge < -0.3 is 0 Å². The standard InChI is InChI=1S/C19H24/c1-6-12-18-15(7-1)13-14-19(18,16-8-2-3-9-16)17-10-4-5-11-17/h1,6-7,12-14,16-17H,2-5,8-11H2. The van der Waals surface area contributed by atoms with Crippen LogP contribution in [0.4, 0.5) is 0 Å². The summed E-state index contributed by atoms with van der Waals surface area (Å²) < 4.78 is 0. The molecular formula is C19H24. The lowest BCUT2D eigenvalue weighted by atomic mass is 9.62. The van der Waals surface area contributed by atoms with E-state index in [1.807, 2.05) is 0 Å². The summed E-state index contributed by atoms with van der Waals surface area (Å²) in [5.74, 6) is 1.82. The van der Waals surface area contributed by atoms with Gasteiger partial charge in [-0.2, -0.15) is 0 Å². The fraction of sp³-hybridized carbons (Fsp3) is 0.579. The Kier molecular flexibility index (Phi) is 2.79. The maximum absolute atomic E-state index is 2.61. The third-order valence-corrected chi connectivity index (χ3v) is 6.03. The van der Waals surface area contributed by atoms with Crippen molar-refractivity contribution in [2.24, 2.45) is 11.8 Å². The van der Waals surface area contributed by atoms with Crippen molar-refractivity contribution in [3.05, 3.63) is 41.5 Å². The zero-order valence-electron chi connectivity index (χ0n) is 11.8. The molecule has 0 nitrogen and oxygen atoms in total. The van der Waals surface area contributed by atoms with Gasteiger partial charge in [-0.1, -0.05) is 62.1 Å². The van der Waals surface area contributed by atoms with Crippen LogP contribution in [0, 0.1) is 11.8 Å². The highest BCUT2D eigenvalue weighted by Gasteiger charge is 2.48. The van der Waals surface area contributed by atoms with Gasteiger partial charge in [-0.15, -0.1) is 0 Å². The Morgan fingerprint density at radius 3 is 2.00 bits per heavy atom. The van der Waals surface area contributed by atoms with Crippen LogP contribution in [-0.2, 0) is 5.41 Å². The first-order chi connectivity index (χ1) is 9.41.